The van der Waals surface area contributed by atoms with E-state index in [2.05, 4.69) is 5.32 Å². The third kappa shape index (κ3) is 3.94. The van der Waals surface area contributed by atoms with E-state index in [0.29, 0.717) is 26.6 Å². The SMILES string of the molecule is Cc1cc(C)cc(-n2c(=O)c3sccc3n(CC(=O)Nc3c(C)cccc3Cl)c2=O)c1. The number of nitrogens with zero attached hydrogens (tertiary/aromatic N) is 2. The minimum Gasteiger partial charge on any atom is -0.323 e. The summed E-state index contributed by atoms with van der Waals surface area (Å²) < 4.78 is 2.87. The molecule has 0 fully saturated rings. The molecule has 0 saturated heterocycles. The summed E-state index contributed by atoms with van der Waals surface area (Å²) in [6.45, 7) is 5.40. The van der Waals surface area contributed by atoms with E-state index in [9.17, 15) is 14.4 Å². The number of thiophene rings is 1. The zero-order valence-electron chi connectivity index (χ0n) is 17.2. The van der Waals surface area contributed by atoms with E-state index >= 15 is 0 Å². The highest BCUT2D eigenvalue weighted by molar-refractivity contribution is 7.17. The molecular formula is C23H20ClN3O3S. The molecule has 4 aromatic rings. The van der Waals surface area contributed by atoms with E-state index in [1.807, 2.05) is 32.9 Å². The summed E-state index contributed by atoms with van der Waals surface area (Å²) in [6.07, 6.45) is 0. The Balaban J connectivity index is 1.83. The van der Waals surface area contributed by atoms with Gasteiger partial charge >= 0.3 is 5.69 Å². The van der Waals surface area contributed by atoms with Crippen LogP contribution in [0.3, 0.4) is 0 Å². The second-order valence-corrected chi connectivity index (χ2v) is 8.79. The molecule has 0 aliphatic carbocycles. The Kier molecular flexibility index (Phi) is 5.56. The van der Waals surface area contributed by atoms with Gasteiger partial charge in [0.2, 0.25) is 5.91 Å². The highest BCUT2D eigenvalue weighted by Gasteiger charge is 2.18. The van der Waals surface area contributed by atoms with Crippen LogP contribution in [-0.2, 0) is 11.3 Å². The lowest BCUT2D eigenvalue weighted by Gasteiger charge is -2.14. The van der Waals surface area contributed by atoms with Crippen molar-refractivity contribution in [3.8, 4) is 5.69 Å². The lowest BCUT2D eigenvalue weighted by atomic mass is 10.1. The Morgan fingerprint density at radius 1 is 1.06 bits per heavy atom. The van der Waals surface area contributed by atoms with Gasteiger partial charge < -0.3 is 5.32 Å². The second-order valence-electron chi connectivity index (χ2n) is 7.47. The van der Waals surface area contributed by atoms with Crippen molar-refractivity contribution in [2.45, 2.75) is 27.3 Å². The average molecular weight is 454 g/mol. The molecule has 158 valence electrons. The number of aryl methyl sites for hydroxylation is 3. The summed E-state index contributed by atoms with van der Waals surface area (Å²) in [6, 6.07) is 12.5. The van der Waals surface area contributed by atoms with Crippen molar-refractivity contribution in [1.82, 2.24) is 9.13 Å². The van der Waals surface area contributed by atoms with Gasteiger partial charge in [-0.05, 0) is 67.1 Å². The van der Waals surface area contributed by atoms with E-state index in [4.69, 9.17) is 11.6 Å². The van der Waals surface area contributed by atoms with E-state index in [-0.39, 0.29) is 6.54 Å². The summed E-state index contributed by atoms with van der Waals surface area (Å²) >= 11 is 7.46. The Bertz CT molecular complexity index is 1410. The molecule has 6 nitrogen and oxygen atoms in total. The van der Waals surface area contributed by atoms with Crippen molar-refractivity contribution in [3.63, 3.8) is 0 Å². The fourth-order valence-corrected chi connectivity index (χ4v) is 4.75. The van der Waals surface area contributed by atoms with Gasteiger partial charge in [0.1, 0.15) is 11.2 Å². The fraction of sp³-hybridized carbons (Fsp3) is 0.174. The van der Waals surface area contributed by atoms with Gasteiger partial charge in [0.05, 0.1) is 21.9 Å². The number of benzene rings is 2. The van der Waals surface area contributed by atoms with Gasteiger partial charge in [0.25, 0.3) is 5.56 Å². The largest absolute Gasteiger partial charge is 0.336 e. The van der Waals surface area contributed by atoms with Crippen LogP contribution < -0.4 is 16.6 Å². The monoisotopic (exact) mass is 453 g/mol. The zero-order chi connectivity index (χ0) is 22.3. The number of amides is 1. The topological polar surface area (TPSA) is 73.1 Å². The zero-order valence-corrected chi connectivity index (χ0v) is 18.8. The van der Waals surface area contributed by atoms with Gasteiger partial charge in [-0.25, -0.2) is 9.36 Å². The molecule has 0 bridgehead atoms. The molecule has 2 aromatic carbocycles. The van der Waals surface area contributed by atoms with Crippen LogP contribution in [0.15, 0.2) is 57.4 Å². The van der Waals surface area contributed by atoms with Crippen molar-refractivity contribution < 1.29 is 4.79 Å². The first kappa shape index (κ1) is 21.1. The molecule has 4 rings (SSSR count). The number of carbonyl (C=O) groups excluding carboxylic acids is 1. The van der Waals surface area contributed by atoms with Crippen LogP contribution in [0.4, 0.5) is 5.69 Å². The fourth-order valence-electron chi connectivity index (χ4n) is 3.66. The number of hydrogen-bond acceptors (Lipinski definition) is 4. The maximum Gasteiger partial charge on any atom is 0.336 e. The third-order valence-electron chi connectivity index (χ3n) is 5.01. The first-order valence-corrected chi connectivity index (χ1v) is 10.9. The smallest absolute Gasteiger partial charge is 0.323 e. The minimum atomic E-state index is -0.563. The molecule has 0 aliphatic heterocycles. The number of anilines is 1. The molecule has 0 unspecified atom stereocenters. The van der Waals surface area contributed by atoms with Crippen molar-refractivity contribution >= 4 is 44.7 Å². The van der Waals surface area contributed by atoms with Crippen LogP contribution in [0, 0.1) is 20.8 Å². The molecule has 1 amide bonds. The van der Waals surface area contributed by atoms with Crippen molar-refractivity contribution in [2.24, 2.45) is 0 Å². The van der Waals surface area contributed by atoms with Crippen LogP contribution >= 0.6 is 22.9 Å². The summed E-state index contributed by atoms with van der Waals surface area (Å²) in [5, 5.41) is 4.95. The van der Waals surface area contributed by atoms with E-state index in [0.717, 1.165) is 21.3 Å². The molecule has 1 N–H and O–H groups in total. The second kappa shape index (κ2) is 8.17. The van der Waals surface area contributed by atoms with Crippen LogP contribution in [0.2, 0.25) is 5.02 Å². The van der Waals surface area contributed by atoms with Gasteiger partial charge in [-0.15, -0.1) is 11.3 Å². The molecular weight excluding hydrogens is 434 g/mol. The number of rotatable bonds is 4. The summed E-state index contributed by atoms with van der Waals surface area (Å²) in [7, 11) is 0. The highest BCUT2D eigenvalue weighted by Crippen LogP contribution is 2.25. The predicted molar refractivity (Wildman–Crippen MR) is 126 cm³/mol. The number of fused-ring (bicyclic) bond motifs is 1. The standard InChI is InChI=1S/C23H20ClN3O3S/c1-13-9-14(2)11-16(10-13)27-22(29)21-18(7-8-31-21)26(23(27)30)12-19(28)25-20-15(3)5-4-6-17(20)24/h4-11H,12H2,1-3H3,(H,25,28). The highest BCUT2D eigenvalue weighted by atomic mass is 35.5. The number of para-hydroxylation sites is 1. The Hall–Kier alpha value is -3.16. The number of aromatic nitrogens is 2. The maximum absolute atomic E-state index is 13.4. The van der Waals surface area contributed by atoms with E-state index < -0.39 is 17.2 Å². The molecule has 8 heteroatoms. The molecule has 0 aliphatic rings. The minimum absolute atomic E-state index is 0.248. The predicted octanol–water partition coefficient (Wildman–Crippen LogP) is 4.43. The van der Waals surface area contributed by atoms with Crippen LogP contribution in [-0.4, -0.2) is 15.0 Å². The quantitative estimate of drug-likeness (QED) is 0.496. The molecule has 31 heavy (non-hydrogen) atoms. The molecule has 0 atom stereocenters. The number of nitrogens with one attached hydrogen (secondary N) is 1. The van der Waals surface area contributed by atoms with Gasteiger partial charge in [-0.1, -0.05) is 29.8 Å². The first-order valence-electron chi connectivity index (χ1n) is 9.63. The van der Waals surface area contributed by atoms with Crippen molar-refractivity contribution in [3.05, 3.63) is 90.4 Å². The molecule has 2 aromatic heterocycles. The van der Waals surface area contributed by atoms with Gasteiger partial charge in [-0.3, -0.25) is 14.2 Å². The maximum atomic E-state index is 13.4. The van der Waals surface area contributed by atoms with Crippen LogP contribution in [0.25, 0.3) is 15.9 Å². The van der Waals surface area contributed by atoms with Gasteiger partial charge in [0.15, 0.2) is 0 Å². The van der Waals surface area contributed by atoms with Crippen molar-refractivity contribution in [2.75, 3.05) is 5.32 Å². The third-order valence-corrected chi connectivity index (χ3v) is 6.21. The summed E-state index contributed by atoms with van der Waals surface area (Å²) in [4.78, 5) is 39.3. The van der Waals surface area contributed by atoms with E-state index in [1.54, 1.807) is 35.7 Å². The van der Waals surface area contributed by atoms with Crippen LogP contribution in [0.1, 0.15) is 16.7 Å². The molecule has 0 radical (unpaired) electrons. The van der Waals surface area contributed by atoms with Gasteiger partial charge in [0, 0.05) is 0 Å². The lowest BCUT2D eigenvalue weighted by molar-refractivity contribution is -0.116. The first-order chi connectivity index (χ1) is 14.8. The molecule has 0 saturated carbocycles. The molecule has 0 spiro atoms. The number of carbonyl (C=O) groups is 1. The summed E-state index contributed by atoms with van der Waals surface area (Å²) in [5.74, 6) is -0.406. The van der Waals surface area contributed by atoms with E-state index in [1.165, 1.54) is 15.9 Å². The molecule has 2 heterocycles. The Morgan fingerprint density at radius 2 is 1.77 bits per heavy atom. The number of hydrogen-bond donors (Lipinski definition) is 1. The Morgan fingerprint density at radius 3 is 2.45 bits per heavy atom. The average Bonchev–Trinajstić information content (AvgIpc) is 3.18. The normalized spacial score (nSPS) is 11.1. The van der Waals surface area contributed by atoms with Gasteiger partial charge in [-0.2, -0.15) is 0 Å². The lowest BCUT2D eigenvalue weighted by Crippen LogP contribution is -2.40. The number of halogens is 1. The van der Waals surface area contributed by atoms with Crippen LogP contribution in [0.5, 0.6) is 0 Å². The Labute approximate surface area is 187 Å². The summed E-state index contributed by atoms with van der Waals surface area (Å²) in [5.41, 5.74) is 3.16. The van der Waals surface area contributed by atoms with Crippen molar-refractivity contribution in [1.29, 1.82) is 0 Å².